The number of methoxy groups -OCH3 is 1. The van der Waals surface area contributed by atoms with Gasteiger partial charge in [-0.15, -0.1) is 0 Å². The van der Waals surface area contributed by atoms with Gasteiger partial charge in [-0.3, -0.25) is 4.79 Å². The maximum Gasteiger partial charge on any atom is 0.246 e. The van der Waals surface area contributed by atoms with E-state index < -0.39 is 0 Å². The molecule has 2 rings (SSSR count). The lowest BCUT2D eigenvalue weighted by atomic mass is 9.88. The highest BCUT2D eigenvalue weighted by atomic mass is 16.5. The molecular formula is C15H21NO3. The van der Waals surface area contributed by atoms with E-state index in [2.05, 4.69) is 29.6 Å². The number of fused-ring (bicyclic) bond motifs is 1. The van der Waals surface area contributed by atoms with Gasteiger partial charge in [0.25, 0.3) is 0 Å². The lowest BCUT2D eigenvalue weighted by Crippen LogP contribution is -2.40. The van der Waals surface area contributed by atoms with E-state index in [0.29, 0.717) is 13.2 Å². The quantitative estimate of drug-likeness (QED) is 0.788. The van der Waals surface area contributed by atoms with Gasteiger partial charge in [0, 0.05) is 13.2 Å². The minimum atomic E-state index is -0.0412. The largest absolute Gasteiger partial charge is 0.382 e. The Kier molecular flexibility index (Phi) is 5.36. The Balaban J connectivity index is 1.74. The van der Waals surface area contributed by atoms with Crippen molar-refractivity contribution >= 4 is 5.91 Å². The van der Waals surface area contributed by atoms with Crippen LogP contribution in [0.1, 0.15) is 17.5 Å². The monoisotopic (exact) mass is 263 g/mol. The Bertz CT molecular complexity index is 420. The molecule has 0 saturated heterocycles. The third-order valence-corrected chi connectivity index (χ3v) is 3.38. The van der Waals surface area contributed by atoms with Crippen molar-refractivity contribution in [1.82, 2.24) is 5.32 Å². The maximum atomic E-state index is 11.7. The number of rotatable bonds is 6. The van der Waals surface area contributed by atoms with E-state index in [1.54, 1.807) is 7.11 Å². The van der Waals surface area contributed by atoms with E-state index in [9.17, 15) is 4.79 Å². The summed E-state index contributed by atoms with van der Waals surface area (Å²) in [7, 11) is 1.61. The van der Waals surface area contributed by atoms with Crippen molar-refractivity contribution in [2.24, 2.45) is 0 Å². The molecule has 0 fully saturated rings. The molecular weight excluding hydrogens is 242 g/mol. The normalized spacial score (nSPS) is 17.8. The SMILES string of the molecule is COCCOCC(=O)NC1CCc2ccccc2C1. The van der Waals surface area contributed by atoms with Crippen molar-refractivity contribution in [3.8, 4) is 0 Å². The van der Waals surface area contributed by atoms with E-state index in [1.807, 2.05) is 0 Å². The van der Waals surface area contributed by atoms with Gasteiger partial charge in [-0.2, -0.15) is 0 Å². The first-order valence-electron chi connectivity index (χ1n) is 6.72. The first kappa shape index (κ1) is 14.0. The van der Waals surface area contributed by atoms with Crippen LogP contribution in [0.25, 0.3) is 0 Å². The number of carbonyl (C=O) groups is 1. The number of carbonyl (C=O) groups excluding carboxylic acids is 1. The van der Waals surface area contributed by atoms with Gasteiger partial charge in [0.2, 0.25) is 5.91 Å². The molecule has 1 unspecified atom stereocenters. The van der Waals surface area contributed by atoms with Gasteiger partial charge in [-0.05, 0) is 30.4 Å². The van der Waals surface area contributed by atoms with E-state index in [0.717, 1.165) is 19.3 Å². The van der Waals surface area contributed by atoms with Crippen LogP contribution >= 0.6 is 0 Å². The highest BCUT2D eigenvalue weighted by Gasteiger charge is 2.19. The second-order valence-electron chi connectivity index (χ2n) is 4.82. The van der Waals surface area contributed by atoms with E-state index in [4.69, 9.17) is 9.47 Å². The number of ether oxygens (including phenoxy) is 2. The summed E-state index contributed by atoms with van der Waals surface area (Å²) in [6.45, 7) is 1.09. The van der Waals surface area contributed by atoms with E-state index >= 15 is 0 Å². The van der Waals surface area contributed by atoms with Crippen LogP contribution in [0.4, 0.5) is 0 Å². The smallest absolute Gasteiger partial charge is 0.246 e. The van der Waals surface area contributed by atoms with Crippen molar-refractivity contribution in [2.75, 3.05) is 26.9 Å². The number of aryl methyl sites for hydroxylation is 1. The van der Waals surface area contributed by atoms with Gasteiger partial charge in [0.05, 0.1) is 13.2 Å². The Hall–Kier alpha value is -1.39. The van der Waals surface area contributed by atoms with Crippen molar-refractivity contribution in [1.29, 1.82) is 0 Å². The molecule has 1 atom stereocenters. The second kappa shape index (κ2) is 7.26. The molecule has 0 saturated carbocycles. The number of benzene rings is 1. The molecule has 0 heterocycles. The molecule has 0 aliphatic heterocycles. The lowest BCUT2D eigenvalue weighted by Gasteiger charge is -2.25. The van der Waals surface area contributed by atoms with E-state index in [-0.39, 0.29) is 18.6 Å². The highest BCUT2D eigenvalue weighted by Crippen LogP contribution is 2.20. The minimum Gasteiger partial charge on any atom is -0.382 e. The molecule has 1 amide bonds. The summed E-state index contributed by atoms with van der Waals surface area (Å²) >= 11 is 0. The molecule has 0 aromatic heterocycles. The summed E-state index contributed by atoms with van der Waals surface area (Å²) < 4.78 is 10.1. The van der Waals surface area contributed by atoms with Crippen LogP contribution in [-0.2, 0) is 27.1 Å². The third kappa shape index (κ3) is 4.33. The second-order valence-corrected chi connectivity index (χ2v) is 4.82. The molecule has 4 heteroatoms. The summed E-state index contributed by atoms with van der Waals surface area (Å²) in [6, 6.07) is 8.66. The Labute approximate surface area is 114 Å². The molecule has 19 heavy (non-hydrogen) atoms. The number of amides is 1. The summed E-state index contributed by atoms with van der Waals surface area (Å²) in [5, 5.41) is 3.03. The van der Waals surface area contributed by atoms with Crippen LogP contribution in [0.5, 0.6) is 0 Å². The molecule has 1 aromatic carbocycles. The Morgan fingerprint density at radius 3 is 2.89 bits per heavy atom. The summed E-state index contributed by atoms with van der Waals surface area (Å²) in [6.07, 6.45) is 2.95. The van der Waals surface area contributed by atoms with Gasteiger partial charge in [0.1, 0.15) is 6.61 Å². The molecule has 0 spiro atoms. The van der Waals surface area contributed by atoms with Gasteiger partial charge < -0.3 is 14.8 Å². The standard InChI is InChI=1S/C15H21NO3/c1-18-8-9-19-11-15(17)16-14-7-6-12-4-2-3-5-13(12)10-14/h2-5,14H,6-11H2,1H3,(H,16,17). The van der Waals surface area contributed by atoms with Crippen LogP contribution in [-0.4, -0.2) is 38.9 Å². The Morgan fingerprint density at radius 1 is 1.32 bits per heavy atom. The zero-order valence-electron chi connectivity index (χ0n) is 11.4. The van der Waals surface area contributed by atoms with Crippen LogP contribution in [0.15, 0.2) is 24.3 Å². The highest BCUT2D eigenvalue weighted by molar-refractivity contribution is 5.77. The zero-order chi connectivity index (χ0) is 13.5. The van der Waals surface area contributed by atoms with Crippen LogP contribution < -0.4 is 5.32 Å². The van der Waals surface area contributed by atoms with Gasteiger partial charge in [0.15, 0.2) is 0 Å². The number of nitrogens with one attached hydrogen (secondary N) is 1. The fourth-order valence-electron chi connectivity index (χ4n) is 2.40. The minimum absolute atomic E-state index is 0.0412. The predicted molar refractivity (Wildman–Crippen MR) is 73.1 cm³/mol. The predicted octanol–water partition coefficient (Wildman–Crippen LogP) is 1.32. The van der Waals surface area contributed by atoms with Gasteiger partial charge in [-0.25, -0.2) is 0 Å². The Morgan fingerprint density at radius 2 is 2.11 bits per heavy atom. The zero-order valence-corrected chi connectivity index (χ0v) is 11.4. The van der Waals surface area contributed by atoms with E-state index in [1.165, 1.54) is 11.1 Å². The summed E-state index contributed by atoms with van der Waals surface area (Å²) in [4.78, 5) is 11.7. The average Bonchev–Trinajstić information content (AvgIpc) is 2.43. The lowest BCUT2D eigenvalue weighted by molar-refractivity contribution is -0.126. The number of hydrogen-bond acceptors (Lipinski definition) is 3. The maximum absolute atomic E-state index is 11.7. The van der Waals surface area contributed by atoms with Crippen molar-refractivity contribution < 1.29 is 14.3 Å². The molecule has 1 aromatic rings. The van der Waals surface area contributed by atoms with Crippen LogP contribution in [0.2, 0.25) is 0 Å². The third-order valence-electron chi connectivity index (χ3n) is 3.38. The summed E-state index contributed by atoms with van der Waals surface area (Å²) in [5.41, 5.74) is 2.75. The molecule has 1 aliphatic carbocycles. The molecule has 4 nitrogen and oxygen atoms in total. The molecule has 1 N–H and O–H groups in total. The first-order valence-corrected chi connectivity index (χ1v) is 6.72. The van der Waals surface area contributed by atoms with Crippen LogP contribution in [0, 0.1) is 0 Å². The van der Waals surface area contributed by atoms with Crippen molar-refractivity contribution in [2.45, 2.75) is 25.3 Å². The van der Waals surface area contributed by atoms with Crippen molar-refractivity contribution in [3.63, 3.8) is 0 Å². The summed E-state index contributed by atoms with van der Waals surface area (Å²) in [5.74, 6) is -0.0412. The molecule has 0 bridgehead atoms. The average molecular weight is 263 g/mol. The van der Waals surface area contributed by atoms with Crippen molar-refractivity contribution in [3.05, 3.63) is 35.4 Å². The van der Waals surface area contributed by atoms with Gasteiger partial charge >= 0.3 is 0 Å². The molecule has 0 radical (unpaired) electrons. The topological polar surface area (TPSA) is 47.6 Å². The first-order chi connectivity index (χ1) is 9.29. The fraction of sp³-hybridized carbons (Fsp3) is 0.533. The van der Waals surface area contributed by atoms with Crippen LogP contribution in [0.3, 0.4) is 0 Å². The molecule has 1 aliphatic rings. The molecule has 104 valence electrons. The van der Waals surface area contributed by atoms with Gasteiger partial charge in [-0.1, -0.05) is 24.3 Å². The fourth-order valence-corrected chi connectivity index (χ4v) is 2.40. The number of hydrogen-bond donors (Lipinski definition) is 1.